The largest absolute Gasteiger partial charge is 0.452 e. The predicted molar refractivity (Wildman–Crippen MR) is 96.2 cm³/mol. The Hall–Kier alpha value is -3.75. The van der Waals surface area contributed by atoms with Gasteiger partial charge in [0.05, 0.1) is 10.5 Å². The second kappa shape index (κ2) is 7.65. The summed E-state index contributed by atoms with van der Waals surface area (Å²) >= 11 is 0. The van der Waals surface area contributed by atoms with Crippen molar-refractivity contribution in [3.8, 4) is 11.4 Å². The van der Waals surface area contributed by atoms with Crippen molar-refractivity contribution in [3.05, 3.63) is 69.6 Å². The van der Waals surface area contributed by atoms with Crippen LogP contribution < -0.4 is 5.32 Å². The van der Waals surface area contributed by atoms with E-state index in [1.54, 1.807) is 7.05 Å². The molecule has 138 valence electrons. The number of non-ortho nitro benzene ring substituents is 1. The zero-order valence-electron chi connectivity index (χ0n) is 14.6. The Balaban J connectivity index is 1.74. The SMILES string of the molecule is CNc1ccc([N+](=O)[O-])cc1C(=O)OCc1nc(-c2ccccc2C)no1. The minimum absolute atomic E-state index is 0.0466. The molecule has 0 aliphatic rings. The molecule has 3 rings (SSSR count). The number of anilines is 1. The lowest BCUT2D eigenvalue weighted by molar-refractivity contribution is -0.384. The summed E-state index contributed by atoms with van der Waals surface area (Å²) in [7, 11) is 1.60. The first-order chi connectivity index (χ1) is 13.0. The number of aromatic nitrogens is 2. The maximum Gasteiger partial charge on any atom is 0.341 e. The van der Waals surface area contributed by atoms with Crippen molar-refractivity contribution >= 4 is 17.3 Å². The molecule has 2 aromatic carbocycles. The third-order valence-corrected chi connectivity index (χ3v) is 3.88. The molecular formula is C18H16N4O5. The first-order valence-corrected chi connectivity index (χ1v) is 8.01. The van der Waals surface area contributed by atoms with Gasteiger partial charge in [0.1, 0.15) is 0 Å². The summed E-state index contributed by atoms with van der Waals surface area (Å²) < 4.78 is 10.3. The molecule has 0 spiro atoms. The number of carbonyl (C=O) groups is 1. The number of nitro groups is 1. The first-order valence-electron chi connectivity index (χ1n) is 8.01. The van der Waals surface area contributed by atoms with Gasteiger partial charge in [-0.25, -0.2) is 4.79 Å². The molecule has 27 heavy (non-hydrogen) atoms. The lowest BCUT2D eigenvalue weighted by Crippen LogP contribution is -2.09. The molecule has 1 N–H and O–H groups in total. The van der Waals surface area contributed by atoms with Crippen LogP contribution in [0.4, 0.5) is 11.4 Å². The fourth-order valence-corrected chi connectivity index (χ4v) is 2.48. The first kappa shape index (κ1) is 18.1. The van der Waals surface area contributed by atoms with Gasteiger partial charge in [-0.2, -0.15) is 4.98 Å². The molecule has 0 saturated heterocycles. The molecule has 0 atom stereocenters. The normalized spacial score (nSPS) is 10.4. The summed E-state index contributed by atoms with van der Waals surface area (Å²) in [5, 5.41) is 17.6. The number of nitro benzene ring substituents is 1. The van der Waals surface area contributed by atoms with E-state index >= 15 is 0 Å². The topological polar surface area (TPSA) is 120 Å². The van der Waals surface area contributed by atoms with Crippen LogP contribution in [0.2, 0.25) is 0 Å². The van der Waals surface area contributed by atoms with Gasteiger partial charge in [-0.05, 0) is 18.6 Å². The third kappa shape index (κ3) is 3.92. The number of aryl methyl sites for hydroxylation is 1. The number of nitrogens with one attached hydrogen (secondary N) is 1. The van der Waals surface area contributed by atoms with Gasteiger partial charge in [0, 0.05) is 30.4 Å². The van der Waals surface area contributed by atoms with Crippen LogP contribution in [-0.2, 0) is 11.3 Å². The van der Waals surface area contributed by atoms with E-state index in [2.05, 4.69) is 15.5 Å². The highest BCUT2D eigenvalue weighted by molar-refractivity contribution is 5.96. The van der Waals surface area contributed by atoms with E-state index < -0.39 is 10.9 Å². The van der Waals surface area contributed by atoms with Crippen LogP contribution in [0.1, 0.15) is 21.8 Å². The zero-order chi connectivity index (χ0) is 19.4. The summed E-state index contributed by atoms with van der Waals surface area (Å²) in [5.41, 5.74) is 2.05. The average molecular weight is 368 g/mol. The average Bonchev–Trinajstić information content (AvgIpc) is 3.14. The number of rotatable bonds is 6. The summed E-state index contributed by atoms with van der Waals surface area (Å²) in [5.74, 6) is -0.220. The van der Waals surface area contributed by atoms with E-state index in [0.717, 1.165) is 17.2 Å². The zero-order valence-corrected chi connectivity index (χ0v) is 14.6. The summed E-state index contributed by atoms with van der Waals surface area (Å²) in [6, 6.07) is 11.4. The Morgan fingerprint density at radius 3 is 2.78 bits per heavy atom. The smallest absolute Gasteiger partial charge is 0.341 e. The lowest BCUT2D eigenvalue weighted by atomic mass is 10.1. The van der Waals surface area contributed by atoms with Gasteiger partial charge in [0.15, 0.2) is 6.61 Å². The van der Waals surface area contributed by atoms with E-state index in [1.807, 2.05) is 31.2 Å². The maximum absolute atomic E-state index is 12.3. The van der Waals surface area contributed by atoms with E-state index in [1.165, 1.54) is 12.1 Å². The van der Waals surface area contributed by atoms with Crippen LogP contribution in [0, 0.1) is 17.0 Å². The molecule has 1 heterocycles. The van der Waals surface area contributed by atoms with Crippen molar-refractivity contribution in [1.82, 2.24) is 10.1 Å². The van der Waals surface area contributed by atoms with Gasteiger partial charge in [0.25, 0.3) is 11.6 Å². The van der Waals surface area contributed by atoms with Crippen molar-refractivity contribution in [3.63, 3.8) is 0 Å². The monoisotopic (exact) mass is 368 g/mol. The number of nitrogens with zero attached hydrogens (tertiary/aromatic N) is 3. The van der Waals surface area contributed by atoms with Crippen LogP contribution in [0.3, 0.4) is 0 Å². The standard InChI is InChI=1S/C18H16N4O5/c1-11-5-3-4-6-13(11)17-20-16(27-21-17)10-26-18(23)14-9-12(22(24)25)7-8-15(14)19-2/h3-9,19H,10H2,1-2H3. The van der Waals surface area contributed by atoms with Crippen LogP contribution in [0.5, 0.6) is 0 Å². The highest BCUT2D eigenvalue weighted by Gasteiger charge is 2.19. The summed E-state index contributed by atoms with van der Waals surface area (Å²) in [6.07, 6.45) is 0. The summed E-state index contributed by atoms with van der Waals surface area (Å²) in [6.45, 7) is 1.68. The van der Waals surface area contributed by atoms with Gasteiger partial charge >= 0.3 is 5.97 Å². The number of hydrogen-bond acceptors (Lipinski definition) is 8. The van der Waals surface area contributed by atoms with E-state index in [0.29, 0.717) is 11.5 Å². The third-order valence-electron chi connectivity index (χ3n) is 3.88. The number of carbonyl (C=O) groups excluding carboxylic acids is 1. The highest BCUT2D eigenvalue weighted by Crippen LogP contribution is 2.23. The Morgan fingerprint density at radius 2 is 2.07 bits per heavy atom. The molecular weight excluding hydrogens is 352 g/mol. The van der Waals surface area contributed by atoms with Gasteiger partial charge in [-0.1, -0.05) is 29.4 Å². The van der Waals surface area contributed by atoms with Crippen LogP contribution in [0.15, 0.2) is 47.0 Å². The number of benzene rings is 2. The number of esters is 1. The minimum atomic E-state index is -0.737. The molecule has 0 aliphatic heterocycles. The molecule has 0 radical (unpaired) electrons. The van der Waals surface area contributed by atoms with Gasteiger partial charge in [-0.3, -0.25) is 10.1 Å². The molecule has 0 amide bonds. The minimum Gasteiger partial charge on any atom is -0.452 e. The quantitative estimate of drug-likeness (QED) is 0.399. The number of hydrogen-bond donors (Lipinski definition) is 1. The Kier molecular flexibility index (Phi) is 5.11. The molecule has 9 nitrogen and oxygen atoms in total. The van der Waals surface area contributed by atoms with E-state index in [-0.39, 0.29) is 23.7 Å². The Bertz CT molecular complexity index is 999. The Morgan fingerprint density at radius 1 is 1.30 bits per heavy atom. The number of ether oxygens (including phenoxy) is 1. The van der Waals surface area contributed by atoms with Crippen LogP contribution >= 0.6 is 0 Å². The van der Waals surface area contributed by atoms with Crippen molar-refractivity contribution in [1.29, 1.82) is 0 Å². The molecule has 0 aliphatic carbocycles. The fraction of sp³-hybridized carbons (Fsp3) is 0.167. The molecule has 1 aromatic heterocycles. The van der Waals surface area contributed by atoms with Gasteiger partial charge in [-0.15, -0.1) is 0 Å². The molecule has 0 bridgehead atoms. The second-order valence-corrected chi connectivity index (χ2v) is 5.64. The molecule has 9 heteroatoms. The van der Waals surface area contributed by atoms with Gasteiger partial charge < -0.3 is 14.6 Å². The van der Waals surface area contributed by atoms with Crippen LogP contribution in [0.25, 0.3) is 11.4 Å². The predicted octanol–water partition coefficient (Wildman–Crippen LogP) is 3.35. The fourth-order valence-electron chi connectivity index (χ4n) is 2.48. The second-order valence-electron chi connectivity index (χ2n) is 5.64. The van der Waals surface area contributed by atoms with Crippen molar-refractivity contribution < 1.29 is 19.0 Å². The van der Waals surface area contributed by atoms with Crippen molar-refractivity contribution in [2.45, 2.75) is 13.5 Å². The van der Waals surface area contributed by atoms with Gasteiger partial charge in [0.2, 0.25) is 5.82 Å². The van der Waals surface area contributed by atoms with Crippen LogP contribution in [-0.4, -0.2) is 28.1 Å². The highest BCUT2D eigenvalue weighted by atomic mass is 16.6. The van der Waals surface area contributed by atoms with E-state index in [4.69, 9.17) is 9.26 Å². The molecule has 0 unspecified atom stereocenters. The summed E-state index contributed by atoms with van der Waals surface area (Å²) in [4.78, 5) is 26.9. The van der Waals surface area contributed by atoms with Crippen molar-refractivity contribution in [2.24, 2.45) is 0 Å². The molecule has 0 saturated carbocycles. The van der Waals surface area contributed by atoms with E-state index in [9.17, 15) is 14.9 Å². The molecule has 3 aromatic rings. The maximum atomic E-state index is 12.3. The Labute approximate surface area is 154 Å². The molecule has 0 fully saturated rings. The van der Waals surface area contributed by atoms with Crippen molar-refractivity contribution in [2.75, 3.05) is 12.4 Å². The lowest BCUT2D eigenvalue weighted by Gasteiger charge is -2.08.